The topological polar surface area (TPSA) is 47.7 Å². The third-order valence-corrected chi connectivity index (χ3v) is 3.74. The van der Waals surface area contributed by atoms with Crippen LogP contribution in [0.25, 0.3) is 0 Å². The van der Waals surface area contributed by atoms with Crippen LogP contribution in [-0.2, 0) is 11.3 Å². The number of methoxy groups -OCH3 is 2. The molecule has 0 aliphatic carbocycles. The van der Waals surface area contributed by atoms with E-state index in [4.69, 9.17) is 15.2 Å². The lowest BCUT2D eigenvalue weighted by atomic mass is 9.97. The fraction of sp³-hybridized carbons (Fsp3) is 0.600. The van der Waals surface area contributed by atoms with Gasteiger partial charge in [0.15, 0.2) is 0 Å². The molecule has 1 aliphatic rings. The predicted octanol–water partition coefficient (Wildman–Crippen LogP) is 2.14. The van der Waals surface area contributed by atoms with E-state index in [9.17, 15) is 0 Å². The summed E-state index contributed by atoms with van der Waals surface area (Å²) in [6, 6.07) is 5.95. The summed E-state index contributed by atoms with van der Waals surface area (Å²) in [5.74, 6) is 1.56. The Bertz CT molecular complexity index is 401. The van der Waals surface area contributed by atoms with Crippen molar-refractivity contribution in [2.24, 2.45) is 5.92 Å². The van der Waals surface area contributed by atoms with Crippen molar-refractivity contribution in [2.45, 2.75) is 19.4 Å². The second-order valence-electron chi connectivity index (χ2n) is 5.29. The number of likely N-dealkylation sites (tertiary alicyclic amines) is 1. The maximum atomic E-state index is 5.89. The van der Waals surface area contributed by atoms with Crippen LogP contribution in [0, 0.1) is 5.92 Å². The number of rotatable bonds is 5. The van der Waals surface area contributed by atoms with E-state index in [1.54, 1.807) is 14.2 Å². The minimum absolute atomic E-state index is 0.719. The van der Waals surface area contributed by atoms with Crippen LogP contribution in [0.5, 0.6) is 5.75 Å². The van der Waals surface area contributed by atoms with E-state index in [1.165, 1.54) is 18.4 Å². The lowest BCUT2D eigenvalue weighted by molar-refractivity contribution is 0.0968. The lowest BCUT2D eigenvalue weighted by Gasteiger charge is -2.31. The molecule has 106 valence electrons. The van der Waals surface area contributed by atoms with Crippen molar-refractivity contribution in [3.05, 3.63) is 23.8 Å². The van der Waals surface area contributed by atoms with Crippen LogP contribution in [-0.4, -0.2) is 38.8 Å². The summed E-state index contributed by atoms with van der Waals surface area (Å²) in [7, 11) is 3.46. The SMILES string of the molecule is COCC1CCN(Cc2cc(N)cc(OC)c2)CC1. The molecule has 1 fully saturated rings. The largest absolute Gasteiger partial charge is 0.497 e. The number of hydrogen-bond acceptors (Lipinski definition) is 4. The first-order valence-electron chi connectivity index (χ1n) is 6.86. The normalized spacial score (nSPS) is 17.6. The van der Waals surface area contributed by atoms with Crippen molar-refractivity contribution in [1.82, 2.24) is 4.90 Å². The van der Waals surface area contributed by atoms with Crippen LogP contribution in [0.2, 0.25) is 0 Å². The molecule has 19 heavy (non-hydrogen) atoms. The summed E-state index contributed by atoms with van der Waals surface area (Å²) in [4.78, 5) is 2.47. The van der Waals surface area contributed by atoms with Gasteiger partial charge < -0.3 is 15.2 Å². The van der Waals surface area contributed by atoms with Gasteiger partial charge in [0.1, 0.15) is 5.75 Å². The summed E-state index contributed by atoms with van der Waals surface area (Å²) < 4.78 is 10.5. The molecule has 0 aromatic heterocycles. The van der Waals surface area contributed by atoms with Gasteiger partial charge in [-0.15, -0.1) is 0 Å². The smallest absolute Gasteiger partial charge is 0.121 e. The monoisotopic (exact) mass is 264 g/mol. The van der Waals surface area contributed by atoms with Gasteiger partial charge in [0, 0.05) is 32.0 Å². The Kier molecular flexibility index (Phi) is 5.05. The third kappa shape index (κ3) is 4.11. The van der Waals surface area contributed by atoms with Gasteiger partial charge in [-0.1, -0.05) is 0 Å². The van der Waals surface area contributed by atoms with Crippen LogP contribution in [0.1, 0.15) is 18.4 Å². The average Bonchev–Trinajstić information content (AvgIpc) is 2.40. The number of benzene rings is 1. The molecule has 0 amide bonds. The Morgan fingerprint density at radius 3 is 2.58 bits per heavy atom. The van der Waals surface area contributed by atoms with Crippen molar-refractivity contribution < 1.29 is 9.47 Å². The number of anilines is 1. The maximum Gasteiger partial charge on any atom is 0.121 e. The first-order chi connectivity index (χ1) is 9.21. The predicted molar refractivity (Wildman–Crippen MR) is 77.3 cm³/mol. The van der Waals surface area contributed by atoms with Crippen LogP contribution in [0.4, 0.5) is 5.69 Å². The molecule has 2 N–H and O–H groups in total. The van der Waals surface area contributed by atoms with Gasteiger partial charge in [0.2, 0.25) is 0 Å². The average molecular weight is 264 g/mol. The Hall–Kier alpha value is -1.26. The maximum absolute atomic E-state index is 5.89. The highest BCUT2D eigenvalue weighted by Crippen LogP contribution is 2.23. The van der Waals surface area contributed by atoms with Crippen molar-refractivity contribution in [1.29, 1.82) is 0 Å². The second-order valence-corrected chi connectivity index (χ2v) is 5.29. The van der Waals surface area contributed by atoms with E-state index in [-0.39, 0.29) is 0 Å². The minimum atomic E-state index is 0.719. The summed E-state index contributed by atoms with van der Waals surface area (Å²) in [6.07, 6.45) is 2.43. The Balaban J connectivity index is 1.90. The fourth-order valence-corrected chi connectivity index (χ4v) is 2.70. The van der Waals surface area contributed by atoms with E-state index >= 15 is 0 Å². The Labute approximate surface area is 115 Å². The van der Waals surface area contributed by atoms with Crippen LogP contribution >= 0.6 is 0 Å². The van der Waals surface area contributed by atoms with Gasteiger partial charge in [-0.3, -0.25) is 4.90 Å². The van der Waals surface area contributed by atoms with Gasteiger partial charge >= 0.3 is 0 Å². The van der Waals surface area contributed by atoms with Gasteiger partial charge in [-0.2, -0.15) is 0 Å². The highest BCUT2D eigenvalue weighted by Gasteiger charge is 2.19. The first kappa shape index (κ1) is 14.2. The number of hydrogen-bond donors (Lipinski definition) is 1. The molecule has 2 rings (SSSR count). The highest BCUT2D eigenvalue weighted by molar-refractivity contribution is 5.47. The molecule has 1 aromatic rings. The molecule has 0 unspecified atom stereocenters. The van der Waals surface area contributed by atoms with Crippen molar-refractivity contribution in [3.8, 4) is 5.75 Å². The molecule has 0 radical (unpaired) electrons. The molecule has 4 heteroatoms. The van der Waals surface area contributed by atoms with E-state index in [1.807, 2.05) is 12.1 Å². The van der Waals surface area contributed by atoms with E-state index in [0.29, 0.717) is 0 Å². The van der Waals surface area contributed by atoms with Crippen molar-refractivity contribution >= 4 is 5.69 Å². The zero-order chi connectivity index (χ0) is 13.7. The molecule has 1 saturated heterocycles. The van der Waals surface area contributed by atoms with Crippen molar-refractivity contribution in [2.75, 3.05) is 39.6 Å². The second kappa shape index (κ2) is 6.78. The van der Waals surface area contributed by atoms with E-state index in [2.05, 4.69) is 11.0 Å². The third-order valence-electron chi connectivity index (χ3n) is 3.74. The van der Waals surface area contributed by atoms with Gasteiger partial charge in [0.05, 0.1) is 7.11 Å². The van der Waals surface area contributed by atoms with Crippen LogP contribution < -0.4 is 10.5 Å². The molecule has 0 spiro atoms. The minimum Gasteiger partial charge on any atom is -0.497 e. The summed E-state index contributed by atoms with van der Waals surface area (Å²) in [5, 5.41) is 0. The molecule has 0 bridgehead atoms. The standard InChI is InChI=1S/C15H24N2O2/c1-18-11-12-3-5-17(6-4-12)10-13-7-14(16)9-15(8-13)19-2/h7-9,12H,3-6,10-11,16H2,1-2H3. The quantitative estimate of drug-likeness (QED) is 0.828. The number of nitrogens with zero attached hydrogens (tertiary/aromatic N) is 1. The summed E-state index contributed by atoms with van der Waals surface area (Å²) in [6.45, 7) is 4.09. The van der Waals surface area contributed by atoms with E-state index < -0.39 is 0 Å². The number of ether oxygens (including phenoxy) is 2. The number of nitrogen functional groups attached to an aromatic ring is 1. The zero-order valence-corrected chi connectivity index (χ0v) is 11.9. The number of piperidine rings is 1. The van der Waals surface area contributed by atoms with Crippen LogP contribution in [0.15, 0.2) is 18.2 Å². The molecular formula is C15H24N2O2. The van der Waals surface area contributed by atoms with Gasteiger partial charge in [0.25, 0.3) is 0 Å². The lowest BCUT2D eigenvalue weighted by Crippen LogP contribution is -2.34. The van der Waals surface area contributed by atoms with Crippen LogP contribution in [0.3, 0.4) is 0 Å². The molecular weight excluding hydrogens is 240 g/mol. The molecule has 1 heterocycles. The van der Waals surface area contributed by atoms with Crippen molar-refractivity contribution in [3.63, 3.8) is 0 Å². The highest BCUT2D eigenvalue weighted by atomic mass is 16.5. The Morgan fingerprint density at radius 1 is 1.21 bits per heavy atom. The first-order valence-corrected chi connectivity index (χ1v) is 6.86. The molecule has 1 aromatic carbocycles. The zero-order valence-electron chi connectivity index (χ0n) is 11.9. The molecule has 0 saturated carbocycles. The molecule has 1 aliphatic heterocycles. The van der Waals surface area contributed by atoms with Gasteiger partial charge in [-0.05, 0) is 49.5 Å². The molecule has 4 nitrogen and oxygen atoms in total. The number of nitrogens with two attached hydrogens (primary N) is 1. The summed E-state index contributed by atoms with van der Waals surface area (Å²) >= 11 is 0. The molecule has 0 atom stereocenters. The Morgan fingerprint density at radius 2 is 1.95 bits per heavy atom. The van der Waals surface area contributed by atoms with E-state index in [0.717, 1.165) is 43.6 Å². The van der Waals surface area contributed by atoms with Gasteiger partial charge in [-0.25, -0.2) is 0 Å². The summed E-state index contributed by atoms with van der Waals surface area (Å²) in [5.41, 5.74) is 7.88. The fourth-order valence-electron chi connectivity index (χ4n) is 2.70.